The van der Waals surface area contributed by atoms with Crippen LogP contribution in [0, 0.1) is 6.92 Å². The molecule has 2 heterocycles. The second-order valence-corrected chi connectivity index (χ2v) is 5.53. The van der Waals surface area contributed by atoms with Crippen molar-refractivity contribution in [3.63, 3.8) is 0 Å². The molecule has 96 valence electrons. The van der Waals surface area contributed by atoms with Crippen molar-refractivity contribution in [1.82, 2.24) is 10.2 Å². The first-order valence-electron chi connectivity index (χ1n) is 6.81. The molecule has 1 amide bonds. The summed E-state index contributed by atoms with van der Waals surface area (Å²) in [6.07, 6.45) is 2.80. The molecule has 0 aromatic heterocycles. The van der Waals surface area contributed by atoms with Gasteiger partial charge in [-0.15, -0.1) is 0 Å². The van der Waals surface area contributed by atoms with Crippen LogP contribution in [0.4, 0.5) is 0 Å². The highest BCUT2D eigenvalue weighted by molar-refractivity contribution is 5.77. The summed E-state index contributed by atoms with van der Waals surface area (Å²) < 4.78 is 0. The molecule has 0 bridgehead atoms. The Labute approximate surface area is 108 Å². The van der Waals surface area contributed by atoms with Gasteiger partial charge in [0.15, 0.2) is 0 Å². The molecule has 1 aromatic rings. The van der Waals surface area contributed by atoms with Gasteiger partial charge in [-0.25, -0.2) is 0 Å². The van der Waals surface area contributed by atoms with Crippen LogP contribution in [0.15, 0.2) is 24.3 Å². The van der Waals surface area contributed by atoms with Crippen LogP contribution >= 0.6 is 0 Å². The van der Waals surface area contributed by atoms with E-state index in [0.717, 1.165) is 25.9 Å². The van der Waals surface area contributed by atoms with Crippen molar-refractivity contribution in [1.29, 1.82) is 0 Å². The number of aryl methyl sites for hydroxylation is 1. The van der Waals surface area contributed by atoms with Crippen LogP contribution in [0.3, 0.4) is 0 Å². The van der Waals surface area contributed by atoms with Crippen molar-refractivity contribution >= 4 is 5.91 Å². The first-order chi connectivity index (χ1) is 8.72. The number of nitrogens with zero attached hydrogens (tertiary/aromatic N) is 1. The predicted octanol–water partition coefficient (Wildman–Crippen LogP) is 1.85. The van der Waals surface area contributed by atoms with Crippen LogP contribution < -0.4 is 5.32 Å². The zero-order chi connectivity index (χ0) is 12.5. The van der Waals surface area contributed by atoms with Gasteiger partial charge in [0, 0.05) is 31.6 Å². The number of nitrogens with one attached hydrogen (secondary N) is 1. The van der Waals surface area contributed by atoms with E-state index < -0.39 is 0 Å². The lowest BCUT2D eigenvalue weighted by molar-refractivity contribution is -0.124. The summed E-state index contributed by atoms with van der Waals surface area (Å²) in [7, 11) is 0. The average Bonchev–Trinajstić information content (AvgIpc) is 2.72. The molecule has 3 nitrogen and oxygen atoms in total. The average molecular weight is 244 g/mol. The molecule has 0 unspecified atom stereocenters. The molecular formula is C15H20N2O. The van der Waals surface area contributed by atoms with Gasteiger partial charge >= 0.3 is 0 Å². The molecular weight excluding hydrogens is 224 g/mol. The van der Waals surface area contributed by atoms with Gasteiger partial charge in [-0.2, -0.15) is 0 Å². The number of piperidine rings is 1. The third kappa shape index (κ3) is 2.27. The smallest absolute Gasteiger partial charge is 0.220 e. The summed E-state index contributed by atoms with van der Waals surface area (Å²) in [5.41, 5.74) is 2.70. The summed E-state index contributed by atoms with van der Waals surface area (Å²) in [5, 5.41) is 3.12. The van der Waals surface area contributed by atoms with Crippen LogP contribution in [0.2, 0.25) is 0 Å². The second-order valence-electron chi connectivity index (χ2n) is 5.53. The van der Waals surface area contributed by atoms with E-state index in [9.17, 15) is 4.79 Å². The van der Waals surface area contributed by atoms with Gasteiger partial charge in [-0.05, 0) is 25.3 Å². The molecule has 3 heteroatoms. The van der Waals surface area contributed by atoms with Gasteiger partial charge in [0.05, 0.1) is 0 Å². The van der Waals surface area contributed by atoms with Gasteiger partial charge in [0.2, 0.25) is 5.91 Å². The van der Waals surface area contributed by atoms with Crippen LogP contribution in [0.5, 0.6) is 0 Å². The zero-order valence-electron chi connectivity index (χ0n) is 10.9. The number of rotatable bonds is 2. The van der Waals surface area contributed by atoms with E-state index in [1.807, 2.05) is 0 Å². The van der Waals surface area contributed by atoms with E-state index in [-0.39, 0.29) is 5.91 Å². The standard InChI is InChI=1S/C15H20N2O/c1-11-3-2-4-12(9-11)10-17-8-7-13-14(17)5-6-15(18)16-13/h2-4,9,13-14H,5-8,10H2,1H3,(H,16,18)/t13-,14-/m0/s1. The Morgan fingerprint density at radius 3 is 3.11 bits per heavy atom. The maximum absolute atomic E-state index is 11.4. The van der Waals surface area contributed by atoms with Gasteiger partial charge < -0.3 is 5.32 Å². The molecule has 0 radical (unpaired) electrons. The van der Waals surface area contributed by atoms with Gasteiger partial charge in [-0.3, -0.25) is 9.69 Å². The first kappa shape index (κ1) is 11.7. The fourth-order valence-corrected chi connectivity index (χ4v) is 3.27. The van der Waals surface area contributed by atoms with Crippen LogP contribution in [-0.4, -0.2) is 29.4 Å². The Hall–Kier alpha value is -1.35. The Balaban J connectivity index is 1.69. The monoisotopic (exact) mass is 244 g/mol. The van der Waals surface area contributed by atoms with Gasteiger partial charge in [-0.1, -0.05) is 29.8 Å². The highest BCUT2D eigenvalue weighted by Gasteiger charge is 2.37. The minimum absolute atomic E-state index is 0.230. The molecule has 18 heavy (non-hydrogen) atoms. The second kappa shape index (κ2) is 4.73. The van der Waals surface area contributed by atoms with Crippen molar-refractivity contribution in [2.45, 2.75) is 44.8 Å². The SMILES string of the molecule is Cc1cccc(CN2CC[C@@H]3NC(=O)CC[C@@H]32)c1. The molecule has 0 spiro atoms. The van der Waals surface area contributed by atoms with E-state index in [0.29, 0.717) is 18.5 Å². The number of hydrogen-bond acceptors (Lipinski definition) is 2. The van der Waals surface area contributed by atoms with E-state index in [1.165, 1.54) is 11.1 Å². The van der Waals surface area contributed by atoms with E-state index >= 15 is 0 Å². The molecule has 1 N–H and O–H groups in total. The zero-order valence-corrected chi connectivity index (χ0v) is 10.9. The number of fused-ring (bicyclic) bond motifs is 1. The van der Waals surface area contributed by atoms with Crippen molar-refractivity contribution in [3.8, 4) is 0 Å². The third-order valence-electron chi connectivity index (χ3n) is 4.14. The Morgan fingerprint density at radius 2 is 2.28 bits per heavy atom. The van der Waals surface area contributed by atoms with E-state index in [1.54, 1.807) is 0 Å². The molecule has 3 rings (SSSR count). The van der Waals surface area contributed by atoms with Crippen molar-refractivity contribution in [2.75, 3.05) is 6.54 Å². The first-order valence-corrected chi connectivity index (χ1v) is 6.81. The van der Waals surface area contributed by atoms with E-state index in [2.05, 4.69) is 41.4 Å². The fourth-order valence-electron chi connectivity index (χ4n) is 3.27. The molecule has 2 aliphatic heterocycles. The number of amides is 1. The number of carbonyl (C=O) groups is 1. The van der Waals surface area contributed by atoms with Gasteiger partial charge in [0.1, 0.15) is 0 Å². The number of hydrogen-bond donors (Lipinski definition) is 1. The summed E-state index contributed by atoms with van der Waals surface area (Å²) in [5.74, 6) is 0.230. The number of likely N-dealkylation sites (tertiary alicyclic amines) is 1. The highest BCUT2D eigenvalue weighted by atomic mass is 16.1. The maximum Gasteiger partial charge on any atom is 0.220 e. The molecule has 2 aliphatic rings. The molecule has 0 aliphatic carbocycles. The summed E-state index contributed by atoms with van der Waals surface area (Å²) >= 11 is 0. The summed E-state index contributed by atoms with van der Waals surface area (Å²) in [4.78, 5) is 13.9. The highest BCUT2D eigenvalue weighted by Crippen LogP contribution is 2.27. The molecule has 1 aromatic carbocycles. The Bertz CT molecular complexity index is 458. The van der Waals surface area contributed by atoms with Crippen LogP contribution in [0.1, 0.15) is 30.4 Å². The predicted molar refractivity (Wildman–Crippen MR) is 71.2 cm³/mol. The van der Waals surface area contributed by atoms with Crippen LogP contribution in [0.25, 0.3) is 0 Å². The Kier molecular flexibility index (Phi) is 3.08. The molecule has 2 fully saturated rings. The summed E-state index contributed by atoms with van der Waals surface area (Å²) in [6.45, 7) is 4.25. The van der Waals surface area contributed by atoms with Crippen molar-refractivity contribution in [3.05, 3.63) is 35.4 Å². The van der Waals surface area contributed by atoms with Crippen LogP contribution in [-0.2, 0) is 11.3 Å². The lowest BCUT2D eigenvalue weighted by Crippen LogP contribution is -2.49. The molecule has 2 saturated heterocycles. The third-order valence-corrected chi connectivity index (χ3v) is 4.14. The number of carbonyl (C=O) groups excluding carboxylic acids is 1. The van der Waals surface area contributed by atoms with Crippen molar-refractivity contribution in [2.24, 2.45) is 0 Å². The molecule has 2 atom stereocenters. The quantitative estimate of drug-likeness (QED) is 0.861. The van der Waals surface area contributed by atoms with Crippen molar-refractivity contribution < 1.29 is 4.79 Å². The lowest BCUT2D eigenvalue weighted by Gasteiger charge is -2.32. The van der Waals surface area contributed by atoms with E-state index in [4.69, 9.17) is 0 Å². The molecule has 0 saturated carbocycles. The largest absolute Gasteiger partial charge is 0.352 e. The number of benzene rings is 1. The minimum Gasteiger partial charge on any atom is -0.352 e. The topological polar surface area (TPSA) is 32.3 Å². The minimum atomic E-state index is 0.230. The Morgan fingerprint density at radius 1 is 1.39 bits per heavy atom. The maximum atomic E-state index is 11.4. The fraction of sp³-hybridized carbons (Fsp3) is 0.533. The van der Waals surface area contributed by atoms with Gasteiger partial charge in [0.25, 0.3) is 0 Å². The normalized spacial score (nSPS) is 27.9. The summed E-state index contributed by atoms with van der Waals surface area (Å²) in [6, 6.07) is 9.65. The lowest BCUT2D eigenvalue weighted by atomic mass is 9.98.